The zero-order chi connectivity index (χ0) is 16.3. The number of halogens is 2. The molecule has 2 rings (SSSR count). The lowest BCUT2D eigenvalue weighted by Gasteiger charge is -2.10. The first-order valence-corrected chi connectivity index (χ1v) is 8.24. The third kappa shape index (κ3) is 3.75. The van der Waals surface area contributed by atoms with Crippen LogP contribution in [0.4, 0.5) is 0 Å². The molecule has 9 heteroatoms. The van der Waals surface area contributed by atoms with Crippen LogP contribution in [0.25, 0.3) is 0 Å². The molecule has 1 aromatic heterocycles. The highest BCUT2D eigenvalue weighted by molar-refractivity contribution is 7.89. The number of aromatic nitrogens is 1. The summed E-state index contributed by atoms with van der Waals surface area (Å²) in [6, 6.07) is 7.51. The first-order chi connectivity index (χ1) is 10.3. The second-order valence-electron chi connectivity index (χ2n) is 4.33. The highest BCUT2D eigenvalue weighted by atomic mass is 35.5. The largest absolute Gasteiger partial charge is 0.273 e. The third-order valence-electron chi connectivity index (χ3n) is 2.71. The number of pyridine rings is 1. The van der Waals surface area contributed by atoms with E-state index >= 15 is 0 Å². The number of nitrogens with zero attached hydrogens (tertiary/aromatic N) is 1. The summed E-state index contributed by atoms with van der Waals surface area (Å²) in [6.07, 6.45) is 1.33. The predicted octanol–water partition coefficient (Wildman–Crippen LogP) is 2.32. The summed E-state index contributed by atoms with van der Waals surface area (Å²) in [7, 11) is -3.89. The van der Waals surface area contributed by atoms with Crippen LogP contribution < -0.4 is 10.3 Å². The molecular weight excluding hydrogens is 349 g/mol. The Hall–Kier alpha value is -1.67. The van der Waals surface area contributed by atoms with Gasteiger partial charge in [-0.3, -0.25) is 10.2 Å². The Balaban J connectivity index is 2.15. The molecule has 0 aliphatic rings. The van der Waals surface area contributed by atoms with E-state index in [0.29, 0.717) is 0 Å². The molecule has 22 heavy (non-hydrogen) atoms. The second-order valence-corrected chi connectivity index (χ2v) is 6.78. The molecule has 6 nitrogen and oxygen atoms in total. The maximum Gasteiger partial charge on any atom is 0.270 e. The van der Waals surface area contributed by atoms with E-state index < -0.39 is 15.9 Å². The van der Waals surface area contributed by atoms with Crippen molar-refractivity contribution in [2.75, 3.05) is 0 Å². The summed E-state index contributed by atoms with van der Waals surface area (Å²) in [5.74, 6) is -0.807. The molecule has 1 heterocycles. The van der Waals surface area contributed by atoms with E-state index in [1.807, 2.05) is 17.2 Å². The van der Waals surface area contributed by atoms with E-state index in [-0.39, 0.29) is 20.6 Å². The Morgan fingerprint density at radius 1 is 1.14 bits per heavy atom. The first-order valence-electron chi connectivity index (χ1n) is 6.00. The average molecular weight is 360 g/mol. The van der Waals surface area contributed by atoms with E-state index in [4.69, 9.17) is 23.2 Å². The van der Waals surface area contributed by atoms with Gasteiger partial charge in [-0.05, 0) is 25.1 Å². The van der Waals surface area contributed by atoms with Crippen molar-refractivity contribution in [1.29, 1.82) is 0 Å². The topological polar surface area (TPSA) is 88.2 Å². The van der Waals surface area contributed by atoms with Gasteiger partial charge in [0, 0.05) is 6.20 Å². The lowest BCUT2D eigenvalue weighted by Crippen LogP contribution is -2.41. The minimum absolute atomic E-state index is 0.0155. The fraction of sp³-hybridized carbons (Fsp3) is 0.0769. The Morgan fingerprint density at radius 3 is 2.36 bits per heavy atom. The minimum Gasteiger partial charge on any atom is -0.273 e. The number of carbonyl (C=O) groups excluding carboxylic acids is 1. The van der Waals surface area contributed by atoms with Gasteiger partial charge in [-0.2, -0.15) is 0 Å². The number of hydrogen-bond acceptors (Lipinski definition) is 4. The Bertz CT molecular complexity index is 788. The van der Waals surface area contributed by atoms with E-state index in [2.05, 4.69) is 4.98 Å². The van der Waals surface area contributed by atoms with Crippen LogP contribution >= 0.6 is 23.2 Å². The minimum atomic E-state index is -3.89. The van der Waals surface area contributed by atoms with Gasteiger partial charge in [0.05, 0.1) is 15.5 Å². The van der Waals surface area contributed by atoms with Crippen LogP contribution in [0, 0.1) is 6.92 Å². The summed E-state index contributed by atoms with van der Waals surface area (Å²) in [4.78, 5) is 17.7. The van der Waals surface area contributed by atoms with Crippen molar-refractivity contribution in [2.24, 2.45) is 0 Å². The molecule has 1 aromatic carbocycles. The molecule has 2 aromatic rings. The number of hydrazine groups is 1. The van der Waals surface area contributed by atoms with Crippen LogP contribution in [0.3, 0.4) is 0 Å². The van der Waals surface area contributed by atoms with E-state index in [1.165, 1.54) is 24.4 Å². The lowest BCUT2D eigenvalue weighted by molar-refractivity contribution is 0.0945. The van der Waals surface area contributed by atoms with Gasteiger partial charge in [0.2, 0.25) is 0 Å². The van der Waals surface area contributed by atoms with Gasteiger partial charge in [0.25, 0.3) is 15.9 Å². The average Bonchev–Trinajstić information content (AvgIpc) is 2.45. The smallest absolute Gasteiger partial charge is 0.270 e. The fourth-order valence-electron chi connectivity index (χ4n) is 1.57. The number of carbonyl (C=O) groups is 1. The molecular formula is C13H11Cl2N3O3S. The van der Waals surface area contributed by atoms with Crippen molar-refractivity contribution in [2.45, 2.75) is 11.8 Å². The predicted molar refractivity (Wildman–Crippen MR) is 83.2 cm³/mol. The van der Waals surface area contributed by atoms with Gasteiger partial charge in [-0.15, -0.1) is 4.83 Å². The van der Waals surface area contributed by atoms with E-state index in [0.717, 1.165) is 5.56 Å². The summed E-state index contributed by atoms with van der Waals surface area (Å²) >= 11 is 11.6. The lowest BCUT2D eigenvalue weighted by atomic mass is 10.2. The molecule has 0 radical (unpaired) electrons. The second kappa shape index (κ2) is 6.62. The number of hydrogen-bond donors (Lipinski definition) is 2. The molecule has 0 bridgehead atoms. The number of nitrogens with one attached hydrogen (secondary N) is 2. The number of rotatable bonds is 4. The first kappa shape index (κ1) is 16.7. The molecule has 0 saturated carbocycles. The number of benzene rings is 1. The molecule has 0 fully saturated rings. The molecule has 0 unspecified atom stereocenters. The third-order valence-corrected chi connectivity index (χ3v) is 4.58. The van der Waals surface area contributed by atoms with E-state index in [1.54, 1.807) is 12.1 Å². The Labute approximate surface area is 137 Å². The van der Waals surface area contributed by atoms with Crippen molar-refractivity contribution < 1.29 is 13.2 Å². The molecule has 0 saturated heterocycles. The number of aryl methyl sites for hydroxylation is 1. The quantitative estimate of drug-likeness (QED) is 0.647. The SMILES string of the molecule is Cc1ccc(S(=O)(=O)NNC(=O)c2c(Cl)ccnc2Cl)cc1. The van der Waals surface area contributed by atoms with Gasteiger partial charge < -0.3 is 0 Å². The van der Waals surface area contributed by atoms with Crippen LogP contribution in [0.1, 0.15) is 15.9 Å². The standard InChI is InChI=1S/C13H11Cl2N3O3S/c1-8-2-4-9(5-3-8)22(20,21)18-17-13(19)11-10(14)6-7-16-12(11)15/h2-7,18H,1H3,(H,17,19). The van der Waals surface area contributed by atoms with Gasteiger partial charge >= 0.3 is 0 Å². The van der Waals surface area contributed by atoms with Gasteiger partial charge in [-0.1, -0.05) is 40.9 Å². The molecule has 1 amide bonds. The van der Waals surface area contributed by atoms with E-state index in [9.17, 15) is 13.2 Å². The van der Waals surface area contributed by atoms with Crippen molar-refractivity contribution in [3.8, 4) is 0 Å². The normalized spacial score (nSPS) is 11.2. The summed E-state index contributed by atoms with van der Waals surface area (Å²) < 4.78 is 24.1. The van der Waals surface area contributed by atoms with Crippen LogP contribution in [0.5, 0.6) is 0 Å². The molecule has 116 valence electrons. The number of amides is 1. The van der Waals surface area contributed by atoms with Crippen molar-refractivity contribution in [1.82, 2.24) is 15.2 Å². The van der Waals surface area contributed by atoms with Crippen molar-refractivity contribution in [3.63, 3.8) is 0 Å². The van der Waals surface area contributed by atoms with Gasteiger partial charge in [0.15, 0.2) is 0 Å². The Morgan fingerprint density at radius 2 is 1.77 bits per heavy atom. The van der Waals surface area contributed by atoms with Crippen LogP contribution in [-0.2, 0) is 10.0 Å². The maximum absolute atomic E-state index is 12.0. The molecule has 0 aliphatic heterocycles. The molecule has 0 atom stereocenters. The molecule has 0 spiro atoms. The van der Waals surface area contributed by atoms with Crippen molar-refractivity contribution >= 4 is 39.1 Å². The molecule has 2 N–H and O–H groups in total. The summed E-state index contributed by atoms with van der Waals surface area (Å²) in [5, 5.41) is -0.0634. The van der Waals surface area contributed by atoms with Crippen LogP contribution in [0.2, 0.25) is 10.2 Å². The Kier molecular flexibility index (Phi) is 5.02. The zero-order valence-corrected chi connectivity index (χ0v) is 13.6. The fourth-order valence-corrected chi connectivity index (χ4v) is 2.93. The highest BCUT2D eigenvalue weighted by Crippen LogP contribution is 2.21. The zero-order valence-electron chi connectivity index (χ0n) is 11.3. The van der Waals surface area contributed by atoms with Crippen molar-refractivity contribution in [3.05, 3.63) is 57.8 Å². The maximum atomic E-state index is 12.0. The molecule has 0 aliphatic carbocycles. The highest BCUT2D eigenvalue weighted by Gasteiger charge is 2.19. The van der Waals surface area contributed by atoms with Gasteiger partial charge in [-0.25, -0.2) is 13.4 Å². The summed E-state index contributed by atoms with van der Waals surface area (Å²) in [6.45, 7) is 1.83. The van der Waals surface area contributed by atoms with Gasteiger partial charge in [0.1, 0.15) is 5.15 Å². The summed E-state index contributed by atoms with van der Waals surface area (Å²) in [5.41, 5.74) is 2.85. The van der Waals surface area contributed by atoms with Crippen LogP contribution in [0.15, 0.2) is 41.4 Å². The monoisotopic (exact) mass is 359 g/mol. The number of sulfonamides is 1. The van der Waals surface area contributed by atoms with Crippen LogP contribution in [-0.4, -0.2) is 19.3 Å².